The number of nitrogens with one attached hydrogen (secondary N) is 2. The Morgan fingerprint density at radius 2 is 2.05 bits per heavy atom. The average Bonchev–Trinajstić information content (AvgIpc) is 2.34. The minimum absolute atomic E-state index is 0.112. The lowest BCUT2D eigenvalue weighted by molar-refractivity contribution is -0.128. The van der Waals surface area contributed by atoms with Crippen LogP contribution in [-0.2, 0) is 4.79 Å². The molecule has 0 unspecified atom stereocenters. The van der Waals surface area contributed by atoms with Crippen LogP contribution >= 0.6 is 0 Å². The molecule has 20 heavy (non-hydrogen) atoms. The Kier molecular flexibility index (Phi) is 6.01. The van der Waals surface area contributed by atoms with Gasteiger partial charge in [0.15, 0.2) is 0 Å². The first-order valence-corrected chi connectivity index (χ1v) is 6.38. The molecule has 0 saturated carbocycles. The van der Waals surface area contributed by atoms with E-state index in [2.05, 4.69) is 10.6 Å². The summed E-state index contributed by atoms with van der Waals surface area (Å²) in [7, 11) is 0. The molecule has 1 rings (SSSR count). The second kappa shape index (κ2) is 7.28. The molecule has 0 spiro atoms. The third-order valence-electron chi connectivity index (χ3n) is 2.83. The Morgan fingerprint density at radius 1 is 1.35 bits per heavy atom. The van der Waals surface area contributed by atoms with Crippen molar-refractivity contribution in [3.05, 3.63) is 35.4 Å². The highest BCUT2D eigenvalue weighted by atomic mass is 19.4. The van der Waals surface area contributed by atoms with Gasteiger partial charge in [-0.15, -0.1) is 0 Å². The van der Waals surface area contributed by atoms with Gasteiger partial charge in [0.1, 0.15) is 0 Å². The molecule has 0 aromatic heterocycles. The topological polar surface area (TPSA) is 41.1 Å². The number of rotatable bonds is 6. The highest BCUT2D eigenvalue weighted by Gasteiger charge is 2.26. The van der Waals surface area contributed by atoms with Gasteiger partial charge in [0.25, 0.3) is 0 Å². The van der Waals surface area contributed by atoms with E-state index in [1.54, 1.807) is 0 Å². The van der Waals surface area contributed by atoms with E-state index in [4.69, 9.17) is 0 Å². The van der Waals surface area contributed by atoms with Gasteiger partial charge in [-0.3, -0.25) is 4.79 Å². The summed E-state index contributed by atoms with van der Waals surface area (Å²) in [6.45, 7) is 2.85. The normalized spacial score (nSPS) is 13.1. The fourth-order valence-electron chi connectivity index (χ4n) is 1.74. The number of amides is 1. The maximum atomic E-state index is 11.9. The van der Waals surface area contributed by atoms with Crippen molar-refractivity contribution in [3.63, 3.8) is 0 Å². The quantitative estimate of drug-likeness (QED) is 0.844. The molecular formula is C14H19F3N2O. The molecule has 0 fully saturated rings. The number of halogens is 3. The first kappa shape index (κ1) is 16.5. The van der Waals surface area contributed by atoms with E-state index >= 15 is 0 Å². The number of hydrogen-bond donors (Lipinski definition) is 2. The fourth-order valence-corrected chi connectivity index (χ4v) is 1.74. The highest BCUT2D eigenvalue weighted by Crippen LogP contribution is 2.15. The molecule has 0 heterocycles. The van der Waals surface area contributed by atoms with Crippen LogP contribution in [0.4, 0.5) is 13.2 Å². The minimum Gasteiger partial charge on any atom is -0.354 e. The molecule has 0 aliphatic heterocycles. The zero-order valence-electron chi connectivity index (χ0n) is 11.6. The Morgan fingerprint density at radius 3 is 2.65 bits per heavy atom. The zero-order valence-corrected chi connectivity index (χ0v) is 11.6. The van der Waals surface area contributed by atoms with E-state index in [0.29, 0.717) is 6.54 Å². The minimum atomic E-state index is -4.30. The molecule has 2 N–H and O–H groups in total. The Bertz CT molecular complexity index is 446. The second-order valence-electron chi connectivity index (χ2n) is 4.84. The molecule has 6 heteroatoms. The van der Waals surface area contributed by atoms with Gasteiger partial charge in [0.05, 0.1) is 13.1 Å². The smallest absolute Gasteiger partial charge is 0.354 e. The summed E-state index contributed by atoms with van der Waals surface area (Å²) in [6.07, 6.45) is -4.30. The molecule has 1 aromatic rings. The molecule has 0 radical (unpaired) electrons. The van der Waals surface area contributed by atoms with Crippen molar-refractivity contribution in [3.8, 4) is 0 Å². The van der Waals surface area contributed by atoms with Crippen molar-refractivity contribution < 1.29 is 18.0 Å². The number of hydrogen-bond acceptors (Lipinski definition) is 2. The summed E-state index contributed by atoms with van der Waals surface area (Å²) in [5, 5.41) is 4.68. The van der Waals surface area contributed by atoms with Crippen LogP contribution in [0.25, 0.3) is 0 Å². The van der Waals surface area contributed by atoms with Crippen molar-refractivity contribution in [1.29, 1.82) is 0 Å². The largest absolute Gasteiger partial charge is 0.401 e. The summed E-state index contributed by atoms with van der Waals surface area (Å²) >= 11 is 0. The van der Waals surface area contributed by atoms with Gasteiger partial charge in [-0.2, -0.15) is 13.2 Å². The number of carbonyl (C=O) groups excluding carboxylic acids is 1. The number of alkyl halides is 3. The molecule has 1 amide bonds. The van der Waals surface area contributed by atoms with Crippen LogP contribution in [0.3, 0.4) is 0 Å². The van der Waals surface area contributed by atoms with Crippen LogP contribution in [0, 0.1) is 6.92 Å². The van der Waals surface area contributed by atoms with E-state index in [-0.39, 0.29) is 12.5 Å². The predicted molar refractivity (Wildman–Crippen MR) is 71.5 cm³/mol. The van der Waals surface area contributed by atoms with Crippen LogP contribution in [0.2, 0.25) is 0 Å². The molecule has 1 atom stereocenters. The monoisotopic (exact) mass is 288 g/mol. The second-order valence-corrected chi connectivity index (χ2v) is 4.84. The first-order valence-electron chi connectivity index (χ1n) is 6.38. The highest BCUT2D eigenvalue weighted by molar-refractivity contribution is 5.78. The van der Waals surface area contributed by atoms with Crippen molar-refractivity contribution in [1.82, 2.24) is 10.6 Å². The summed E-state index contributed by atoms with van der Waals surface area (Å²) < 4.78 is 35.7. The van der Waals surface area contributed by atoms with Crippen LogP contribution in [-0.4, -0.2) is 31.7 Å². The maximum absolute atomic E-state index is 11.9. The van der Waals surface area contributed by atoms with Gasteiger partial charge in [0.2, 0.25) is 5.91 Å². The predicted octanol–water partition coefficient (Wildman–Crippen LogP) is 2.37. The molecule has 112 valence electrons. The van der Waals surface area contributed by atoms with Gasteiger partial charge in [-0.1, -0.05) is 36.8 Å². The maximum Gasteiger partial charge on any atom is 0.401 e. The van der Waals surface area contributed by atoms with Crippen LogP contribution < -0.4 is 10.6 Å². The number of carbonyl (C=O) groups is 1. The Balaban J connectivity index is 2.30. The summed E-state index contributed by atoms with van der Waals surface area (Å²) in [5.41, 5.74) is 2.22. The zero-order chi connectivity index (χ0) is 15.2. The first-order chi connectivity index (χ1) is 9.28. The third-order valence-corrected chi connectivity index (χ3v) is 2.83. The SMILES string of the molecule is Cc1cccc([C@H](C)CNC(=O)CNCC(F)(F)F)c1. The average molecular weight is 288 g/mol. The number of aryl methyl sites for hydroxylation is 1. The van der Waals surface area contributed by atoms with Crippen molar-refractivity contribution in [2.45, 2.75) is 25.9 Å². The van der Waals surface area contributed by atoms with Gasteiger partial charge >= 0.3 is 6.18 Å². The Labute approximate surface area is 116 Å². The lowest BCUT2D eigenvalue weighted by atomic mass is 9.99. The molecule has 0 bridgehead atoms. The molecular weight excluding hydrogens is 269 g/mol. The van der Waals surface area contributed by atoms with Crippen LogP contribution in [0.15, 0.2) is 24.3 Å². The summed E-state index contributed by atoms with van der Waals surface area (Å²) in [6, 6.07) is 7.91. The van der Waals surface area contributed by atoms with Gasteiger partial charge in [-0.05, 0) is 18.4 Å². The standard InChI is InChI=1S/C14H19F3N2O/c1-10-4-3-5-12(6-10)11(2)7-19-13(20)8-18-9-14(15,16)17/h3-6,11,18H,7-9H2,1-2H3,(H,19,20)/t11-/m1/s1. The molecule has 1 aromatic carbocycles. The number of benzene rings is 1. The molecule has 0 aliphatic carbocycles. The van der Waals surface area contributed by atoms with Crippen molar-refractivity contribution in [2.75, 3.05) is 19.6 Å². The summed E-state index contributed by atoms with van der Waals surface area (Å²) in [5.74, 6) is -0.324. The molecule has 0 saturated heterocycles. The lowest BCUT2D eigenvalue weighted by Crippen LogP contribution is -2.39. The molecule has 0 aliphatic rings. The van der Waals surface area contributed by atoms with Gasteiger partial charge in [0, 0.05) is 6.54 Å². The van der Waals surface area contributed by atoms with E-state index in [0.717, 1.165) is 11.1 Å². The molecule has 3 nitrogen and oxygen atoms in total. The van der Waals surface area contributed by atoms with E-state index < -0.39 is 18.6 Å². The van der Waals surface area contributed by atoms with Gasteiger partial charge < -0.3 is 10.6 Å². The van der Waals surface area contributed by atoms with Gasteiger partial charge in [-0.25, -0.2) is 0 Å². The third kappa shape index (κ3) is 6.56. The lowest BCUT2D eigenvalue weighted by Gasteiger charge is -2.14. The fraction of sp³-hybridized carbons (Fsp3) is 0.500. The van der Waals surface area contributed by atoms with Crippen LogP contribution in [0.5, 0.6) is 0 Å². The Hall–Kier alpha value is -1.56. The summed E-state index contributed by atoms with van der Waals surface area (Å²) in [4.78, 5) is 11.4. The van der Waals surface area contributed by atoms with E-state index in [1.807, 2.05) is 38.1 Å². The van der Waals surface area contributed by atoms with Crippen molar-refractivity contribution >= 4 is 5.91 Å². The van der Waals surface area contributed by atoms with Crippen molar-refractivity contribution in [2.24, 2.45) is 0 Å². The van der Waals surface area contributed by atoms with E-state index in [9.17, 15) is 18.0 Å². The van der Waals surface area contributed by atoms with E-state index in [1.165, 1.54) is 0 Å². The van der Waals surface area contributed by atoms with Crippen LogP contribution in [0.1, 0.15) is 24.0 Å².